The van der Waals surface area contributed by atoms with Gasteiger partial charge in [0.25, 0.3) is 0 Å². The third kappa shape index (κ3) is 11.1. The first-order valence-electron chi connectivity index (χ1n) is 11.6. The smallest absolute Gasteiger partial charge is 0.285 e. The van der Waals surface area contributed by atoms with E-state index in [0.717, 1.165) is 45.6 Å². The number of hydrogen-bond acceptors (Lipinski definition) is 4. The van der Waals surface area contributed by atoms with Crippen molar-refractivity contribution in [2.45, 2.75) is 55.4 Å². The summed E-state index contributed by atoms with van der Waals surface area (Å²) in [6.45, 7) is 14.8. The van der Waals surface area contributed by atoms with E-state index in [1.54, 1.807) is 0 Å². The quantitative estimate of drug-likeness (QED) is 0.140. The van der Waals surface area contributed by atoms with E-state index >= 15 is 0 Å². The van der Waals surface area contributed by atoms with Crippen molar-refractivity contribution in [3.05, 3.63) is 118 Å². The van der Waals surface area contributed by atoms with Gasteiger partial charge in [-0.2, -0.15) is 0 Å². The second kappa shape index (κ2) is 16.5. The van der Waals surface area contributed by atoms with Crippen LogP contribution in [-0.2, 0) is 27.3 Å². The van der Waals surface area contributed by atoms with Gasteiger partial charge in [0.2, 0.25) is 45.6 Å². The minimum Gasteiger partial charge on any atom is -0.285 e. The summed E-state index contributed by atoms with van der Waals surface area (Å²) in [5, 5.41) is 36.5. The predicted octanol–water partition coefficient (Wildman–Crippen LogP) is 3.31. The van der Waals surface area contributed by atoms with Crippen LogP contribution in [0.2, 0.25) is 0 Å². The molecule has 37 heavy (non-hydrogen) atoms. The Balaban J connectivity index is 0.000000463. The van der Waals surface area contributed by atoms with E-state index in [2.05, 4.69) is 0 Å². The van der Waals surface area contributed by atoms with Gasteiger partial charge in [-0.05, 0) is 24.3 Å². The fourth-order valence-corrected chi connectivity index (χ4v) is 2.98. The molecule has 0 unspecified atom stereocenters. The molecule has 0 fully saturated rings. The molecule has 4 aromatic rings. The standard InChI is InChI=1S/4C7H10NO.Cd/c4*1-6-4-3-5-7(2)8(6)9;/h4*3-5,9H,1-2H3;/q4*+1;+2. The molecule has 0 saturated carbocycles. The van der Waals surface area contributed by atoms with Crippen LogP contribution in [0.5, 0.6) is 0 Å². The van der Waals surface area contributed by atoms with Crippen LogP contribution in [0.3, 0.4) is 0 Å². The Bertz CT molecular complexity index is 1000. The molecule has 0 aliphatic heterocycles. The van der Waals surface area contributed by atoms with Crippen molar-refractivity contribution in [2.24, 2.45) is 0 Å². The third-order valence-electron chi connectivity index (χ3n) is 5.37. The van der Waals surface area contributed by atoms with Crippen molar-refractivity contribution in [1.29, 1.82) is 0 Å². The molecule has 4 rings (SSSR count). The average molecular weight is 609 g/mol. The Morgan fingerprint density at radius 3 is 0.514 bits per heavy atom. The molecular formula is C28H40CdN4O4+6. The minimum absolute atomic E-state index is 0. The zero-order chi connectivity index (χ0) is 27.4. The monoisotopic (exact) mass is 610 g/mol. The summed E-state index contributed by atoms with van der Waals surface area (Å²) < 4.78 is 4.67. The molecule has 0 amide bonds. The van der Waals surface area contributed by atoms with Crippen LogP contribution in [0.15, 0.2) is 72.8 Å². The van der Waals surface area contributed by atoms with Crippen LogP contribution in [0.4, 0.5) is 0 Å². The first-order valence-corrected chi connectivity index (χ1v) is 11.6. The van der Waals surface area contributed by atoms with E-state index in [1.165, 1.54) is 18.9 Å². The van der Waals surface area contributed by atoms with Gasteiger partial charge in [-0.1, -0.05) is 0 Å². The van der Waals surface area contributed by atoms with Crippen molar-refractivity contribution < 1.29 is 67.0 Å². The van der Waals surface area contributed by atoms with E-state index in [-0.39, 0.29) is 27.3 Å². The normalized spacial score (nSPS) is 9.30. The van der Waals surface area contributed by atoms with E-state index in [0.29, 0.717) is 0 Å². The second-order valence-electron chi connectivity index (χ2n) is 8.48. The maximum absolute atomic E-state index is 9.12. The van der Waals surface area contributed by atoms with Crippen molar-refractivity contribution in [1.82, 2.24) is 0 Å². The average Bonchev–Trinajstić information content (AvgIpc) is 2.84. The minimum atomic E-state index is 0. The van der Waals surface area contributed by atoms with Crippen LogP contribution in [0.1, 0.15) is 45.6 Å². The van der Waals surface area contributed by atoms with Gasteiger partial charge in [0, 0.05) is 123 Å². The molecule has 0 aliphatic carbocycles. The predicted molar refractivity (Wildman–Crippen MR) is 133 cm³/mol. The maximum atomic E-state index is 9.12. The summed E-state index contributed by atoms with van der Waals surface area (Å²) in [7, 11) is 0. The zero-order valence-electron chi connectivity index (χ0n) is 23.2. The molecule has 4 aromatic heterocycles. The Labute approximate surface area is 240 Å². The number of aryl methyl sites for hydroxylation is 8. The van der Waals surface area contributed by atoms with Crippen molar-refractivity contribution in [3.63, 3.8) is 0 Å². The van der Waals surface area contributed by atoms with E-state index in [9.17, 15) is 0 Å². The molecule has 4 N–H and O–H groups in total. The summed E-state index contributed by atoms with van der Waals surface area (Å²) in [6.07, 6.45) is 0. The van der Waals surface area contributed by atoms with Crippen molar-refractivity contribution >= 4 is 0 Å². The molecule has 192 valence electrons. The van der Waals surface area contributed by atoms with Crippen LogP contribution < -0.4 is 18.9 Å². The molecule has 0 spiro atoms. The van der Waals surface area contributed by atoms with Gasteiger partial charge in [-0.3, -0.25) is 20.8 Å². The number of hydrogen-bond donors (Lipinski definition) is 4. The van der Waals surface area contributed by atoms with Gasteiger partial charge in [-0.25, -0.2) is 0 Å². The van der Waals surface area contributed by atoms with Gasteiger partial charge in [-0.15, -0.1) is 0 Å². The number of pyridine rings is 4. The van der Waals surface area contributed by atoms with E-state index in [4.69, 9.17) is 20.8 Å². The number of aromatic nitrogens is 4. The van der Waals surface area contributed by atoms with Gasteiger partial charge in [0.15, 0.2) is 0 Å². The molecule has 8 nitrogen and oxygen atoms in total. The molecule has 0 radical (unpaired) electrons. The molecule has 0 bridgehead atoms. The summed E-state index contributed by atoms with van der Waals surface area (Å²) in [5.41, 5.74) is 6.85. The maximum Gasteiger partial charge on any atom is 2.00 e. The molecule has 0 aliphatic rings. The first-order chi connectivity index (χ1) is 16.9. The summed E-state index contributed by atoms with van der Waals surface area (Å²) in [6, 6.07) is 22.5. The SMILES string of the molecule is Cc1cccc(C)[n+]1O.Cc1cccc(C)[n+]1O.Cc1cccc(C)[n+]1O.Cc1cccc(C)[n+]1O.[Cd+2]. The van der Waals surface area contributed by atoms with Crippen LogP contribution in [0.25, 0.3) is 0 Å². The summed E-state index contributed by atoms with van der Waals surface area (Å²) >= 11 is 0. The molecule has 0 atom stereocenters. The topological polar surface area (TPSA) is 96.4 Å². The largest absolute Gasteiger partial charge is 2.00 e. The van der Waals surface area contributed by atoms with Gasteiger partial charge < -0.3 is 0 Å². The Morgan fingerprint density at radius 2 is 0.432 bits per heavy atom. The summed E-state index contributed by atoms with van der Waals surface area (Å²) in [4.78, 5) is 0. The third-order valence-corrected chi connectivity index (χ3v) is 5.37. The fourth-order valence-electron chi connectivity index (χ4n) is 2.98. The van der Waals surface area contributed by atoms with E-state index < -0.39 is 0 Å². The summed E-state index contributed by atoms with van der Waals surface area (Å²) in [5.74, 6) is 0. The second-order valence-corrected chi connectivity index (χ2v) is 8.48. The Hall–Kier alpha value is -3.28. The fraction of sp³-hybridized carbons (Fsp3) is 0.286. The first kappa shape index (κ1) is 33.7. The van der Waals surface area contributed by atoms with Crippen LogP contribution in [-0.4, -0.2) is 20.8 Å². The van der Waals surface area contributed by atoms with E-state index in [1.807, 2.05) is 128 Å². The van der Waals surface area contributed by atoms with Gasteiger partial charge in [0.05, 0.1) is 0 Å². The molecule has 9 heteroatoms. The zero-order valence-corrected chi connectivity index (χ0v) is 27.2. The Kier molecular flexibility index (Phi) is 15.0. The number of nitrogens with zero attached hydrogens (tertiary/aromatic N) is 4. The van der Waals surface area contributed by atoms with Gasteiger partial charge >= 0.3 is 27.3 Å². The number of rotatable bonds is 0. The molecule has 4 heterocycles. The van der Waals surface area contributed by atoms with Gasteiger partial charge in [0.1, 0.15) is 0 Å². The Morgan fingerprint density at radius 1 is 0.324 bits per heavy atom. The molecule has 0 saturated heterocycles. The molecule has 0 aromatic carbocycles. The van der Waals surface area contributed by atoms with Crippen molar-refractivity contribution in [2.75, 3.05) is 0 Å². The molecular weight excluding hydrogens is 569 g/mol. The van der Waals surface area contributed by atoms with Crippen LogP contribution >= 0.6 is 0 Å². The van der Waals surface area contributed by atoms with Crippen LogP contribution in [0, 0.1) is 55.4 Å². The van der Waals surface area contributed by atoms with Crippen molar-refractivity contribution in [3.8, 4) is 0 Å².